The summed E-state index contributed by atoms with van der Waals surface area (Å²) in [6.07, 6.45) is -0.538. The van der Waals surface area contributed by atoms with Crippen molar-refractivity contribution in [1.29, 1.82) is 10.7 Å². The number of aryl methyl sites for hydroxylation is 1. The number of phenols is 1. The van der Waals surface area contributed by atoms with Gasteiger partial charge < -0.3 is 20.3 Å². The van der Waals surface area contributed by atoms with Crippen molar-refractivity contribution in [3.05, 3.63) is 64.7 Å². The van der Waals surface area contributed by atoms with E-state index in [2.05, 4.69) is 6.07 Å². The van der Waals surface area contributed by atoms with Gasteiger partial charge in [-0.3, -0.25) is 5.41 Å². The molecule has 3 atom stereocenters. The summed E-state index contributed by atoms with van der Waals surface area (Å²) in [4.78, 5) is 0. The molecule has 0 amide bonds. The van der Waals surface area contributed by atoms with Gasteiger partial charge in [0, 0.05) is 17.2 Å². The number of hydrogen-bond acceptors (Lipinski definition) is 6. The van der Waals surface area contributed by atoms with Crippen LogP contribution in [0.1, 0.15) is 36.5 Å². The maximum Gasteiger partial charge on any atom is 0.212 e. The fourth-order valence-corrected chi connectivity index (χ4v) is 3.75. The zero-order valence-electron chi connectivity index (χ0n) is 17.0. The van der Waals surface area contributed by atoms with Gasteiger partial charge in [0.2, 0.25) is 5.90 Å². The van der Waals surface area contributed by atoms with Crippen molar-refractivity contribution in [1.82, 2.24) is 0 Å². The van der Waals surface area contributed by atoms with Crippen LogP contribution in [-0.2, 0) is 4.74 Å². The van der Waals surface area contributed by atoms with E-state index in [0.29, 0.717) is 22.6 Å². The number of hydrogen-bond donors (Lipinski definition) is 3. The Bertz CT molecular complexity index is 1020. The normalized spacial score (nSPS) is 25.7. The number of benzene rings is 2. The maximum atomic E-state index is 10.3. The van der Waals surface area contributed by atoms with Crippen molar-refractivity contribution in [3.8, 4) is 17.6 Å². The Morgan fingerprint density at radius 1 is 1.28 bits per heavy atom. The highest BCUT2D eigenvalue weighted by atomic mass is 16.5. The monoisotopic (exact) mass is 391 g/mol. The molecular formula is C23H25N3O3. The van der Waals surface area contributed by atoms with Crippen LogP contribution >= 0.6 is 0 Å². The number of methoxy groups -OCH3 is 1. The van der Waals surface area contributed by atoms with Crippen LogP contribution in [-0.4, -0.2) is 24.2 Å². The van der Waals surface area contributed by atoms with E-state index in [9.17, 15) is 10.4 Å². The number of ether oxygens (including phenoxy) is 2. The molecule has 0 spiro atoms. The van der Waals surface area contributed by atoms with Crippen molar-refractivity contribution >= 4 is 11.6 Å². The van der Waals surface area contributed by atoms with Gasteiger partial charge in [-0.15, -0.1) is 0 Å². The highest BCUT2D eigenvalue weighted by Gasteiger charge is 2.50. The van der Waals surface area contributed by atoms with Gasteiger partial charge in [-0.1, -0.05) is 35.9 Å². The second-order valence-corrected chi connectivity index (χ2v) is 7.54. The minimum absolute atomic E-state index is 0.0378. The van der Waals surface area contributed by atoms with Crippen molar-refractivity contribution in [2.75, 3.05) is 7.11 Å². The van der Waals surface area contributed by atoms with Crippen molar-refractivity contribution in [2.45, 2.75) is 32.8 Å². The quantitative estimate of drug-likeness (QED) is 0.729. The van der Waals surface area contributed by atoms with Gasteiger partial charge >= 0.3 is 0 Å². The fraction of sp³-hybridized carbons (Fsp3) is 0.304. The van der Waals surface area contributed by atoms with Crippen LogP contribution in [0.15, 0.2) is 48.0 Å². The Morgan fingerprint density at radius 2 is 1.93 bits per heavy atom. The molecule has 1 saturated heterocycles. The van der Waals surface area contributed by atoms with Crippen LogP contribution in [0.3, 0.4) is 0 Å². The molecule has 2 aromatic rings. The molecule has 0 bridgehead atoms. The average Bonchev–Trinajstić information content (AvgIpc) is 2.70. The Balaban J connectivity index is 2.27. The molecule has 1 fully saturated rings. The fourth-order valence-electron chi connectivity index (χ4n) is 3.75. The van der Waals surface area contributed by atoms with Gasteiger partial charge in [-0.05, 0) is 44.0 Å². The summed E-state index contributed by atoms with van der Waals surface area (Å²) in [6, 6.07) is 15.0. The first kappa shape index (κ1) is 20.3. The maximum absolute atomic E-state index is 10.3. The lowest BCUT2D eigenvalue weighted by molar-refractivity contribution is 0.0716. The molecule has 0 aromatic heterocycles. The topological polar surface area (TPSA) is 112 Å². The predicted molar refractivity (Wildman–Crippen MR) is 112 cm³/mol. The van der Waals surface area contributed by atoms with Crippen molar-refractivity contribution < 1.29 is 14.6 Å². The first-order valence-corrected chi connectivity index (χ1v) is 9.33. The highest BCUT2D eigenvalue weighted by molar-refractivity contribution is 6.01. The van der Waals surface area contributed by atoms with Gasteiger partial charge in [0.25, 0.3) is 0 Å². The third kappa shape index (κ3) is 3.40. The second-order valence-electron chi connectivity index (χ2n) is 7.54. The Labute approximate surface area is 170 Å². The summed E-state index contributed by atoms with van der Waals surface area (Å²) in [5, 5.41) is 28.9. The van der Waals surface area contributed by atoms with E-state index in [-0.39, 0.29) is 11.6 Å². The molecule has 0 saturated carbocycles. The van der Waals surface area contributed by atoms with Gasteiger partial charge in [0.05, 0.1) is 13.2 Å². The van der Waals surface area contributed by atoms with Gasteiger partial charge in [0.15, 0.2) is 11.5 Å². The van der Waals surface area contributed by atoms with E-state index in [1.807, 2.05) is 31.2 Å². The summed E-state index contributed by atoms with van der Waals surface area (Å²) in [7, 11) is 1.47. The summed E-state index contributed by atoms with van der Waals surface area (Å²) >= 11 is 0. The number of rotatable bonds is 3. The standard InChI is InChI=1S/C23H25N3O3/c1-13-5-7-15(8-6-13)21(25)19-20(16-9-10-18(28-4)17(27)11-16)23(3,12-24)14(2)29-22(19)26/h5-11,14,20,26-27H,25H2,1-4H3. The third-order valence-electron chi connectivity index (χ3n) is 5.70. The van der Waals surface area contributed by atoms with E-state index in [1.165, 1.54) is 7.11 Å². The first-order chi connectivity index (χ1) is 13.7. The van der Waals surface area contributed by atoms with Gasteiger partial charge in [0.1, 0.15) is 11.5 Å². The number of nitriles is 1. The molecule has 2 aromatic carbocycles. The number of nitrogens with two attached hydrogens (primary N) is 1. The average molecular weight is 391 g/mol. The Kier molecular flexibility index (Phi) is 5.25. The van der Waals surface area contributed by atoms with E-state index < -0.39 is 17.4 Å². The number of nitrogens with zero attached hydrogens (tertiary/aromatic N) is 1. The molecule has 1 aliphatic heterocycles. The Morgan fingerprint density at radius 3 is 2.48 bits per heavy atom. The van der Waals surface area contributed by atoms with E-state index >= 15 is 0 Å². The smallest absolute Gasteiger partial charge is 0.212 e. The van der Waals surface area contributed by atoms with Crippen LogP contribution in [0.4, 0.5) is 0 Å². The second kappa shape index (κ2) is 7.51. The molecule has 3 unspecified atom stereocenters. The van der Waals surface area contributed by atoms with Gasteiger partial charge in [-0.2, -0.15) is 5.26 Å². The molecule has 150 valence electrons. The summed E-state index contributed by atoms with van der Waals surface area (Å²) in [5.74, 6) is -0.339. The zero-order chi connectivity index (χ0) is 21.3. The summed E-state index contributed by atoms with van der Waals surface area (Å²) in [5.41, 5.74) is 8.82. The minimum Gasteiger partial charge on any atom is -0.504 e. The summed E-state index contributed by atoms with van der Waals surface area (Å²) in [6.45, 7) is 5.54. The number of phenolic OH excluding ortho intramolecular Hbond substituents is 1. The van der Waals surface area contributed by atoms with Gasteiger partial charge in [-0.25, -0.2) is 0 Å². The largest absolute Gasteiger partial charge is 0.504 e. The predicted octanol–water partition coefficient (Wildman–Crippen LogP) is 4.09. The summed E-state index contributed by atoms with van der Waals surface area (Å²) < 4.78 is 10.9. The molecule has 1 aliphatic rings. The SMILES string of the molecule is COc1ccc(C2C(=C(N)c3ccc(C)cc3)C(=N)OC(C)C2(C)C#N)cc1O. The van der Waals surface area contributed by atoms with E-state index in [1.54, 1.807) is 32.0 Å². The number of aromatic hydroxyl groups is 1. The molecule has 0 radical (unpaired) electrons. The lowest BCUT2D eigenvalue weighted by atomic mass is 9.65. The molecule has 1 heterocycles. The lowest BCUT2D eigenvalue weighted by Gasteiger charge is -2.43. The van der Waals surface area contributed by atoms with E-state index in [4.69, 9.17) is 20.6 Å². The zero-order valence-corrected chi connectivity index (χ0v) is 17.0. The van der Waals surface area contributed by atoms with Crippen molar-refractivity contribution in [3.63, 3.8) is 0 Å². The van der Waals surface area contributed by atoms with Crippen molar-refractivity contribution in [2.24, 2.45) is 11.1 Å². The molecular weight excluding hydrogens is 366 g/mol. The molecule has 3 rings (SSSR count). The third-order valence-corrected chi connectivity index (χ3v) is 5.70. The first-order valence-electron chi connectivity index (χ1n) is 9.33. The van der Waals surface area contributed by atoms with Crippen LogP contribution in [0.2, 0.25) is 0 Å². The molecule has 4 N–H and O–H groups in total. The highest BCUT2D eigenvalue weighted by Crippen LogP contribution is 2.50. The van der Waals surface area contributed by atoms with Crippen LogP contribution < -0.4 is 10.5 Å². The van der Waals surface area contributed by atoms with Crippen LogP contribution in [0.5, 0.6) is 11.5 Å². The molecule has 6 heteroatoms. The van der Waals surface area contributed by atoms with E-state index in [0.717, 1.165) is 11.1 Å². The Hall–Kier alpha value is -3.46. The minimum atomic E-state index is -1.00. The number of nitrogens with one attached hydrogen (secondary N) is 1. The molecule has 6 nitrogen and oxygen atoms in total. The molecule has 0 aliphatic carbocycles. The molecule has 29 heavy (non-hydrogen) atoms. The van der Waals surface area contributed by atoms with Crippen LogP contribution in [0.25, 0.3) is 5.70 Å². The van der Waals surface area contributed by atoms with Crippen LogP contribution in [0, 0.1) is 29.1 Å². The lowest BCUT2D eigenvalue weighted by Crippen LogP contribution is -2.46.